The Morgan fingerprint density at radius 2 is 1.97 bits per heavy atom. The summed E-state index contributed by atoms with van der Waals surface area (Å²) in [5.41, 5.74) is 1.31. The molecule has 2 aromatic heterocycles. The smallest absolute Gasteiger partial charge is 0.234 e. The second kappa shape index (κ2) is 7.86. The van der Waals surface area contributed by atoms with Gasteiger partial charge in [0.2, 0.25) is 21.9 Å². The molecule has 0 radical (unpaired) electrons. The molecule has 0 spiro atoms. The lowest BCUT2D eigenvalue weighted by Crippen LogP contribution is -2.47. The quantitative estimate of drug-likeness (QED) is 0.732. The molecule has 0 aromatic carbocycles. The van der Waals surface area contributed by atoms with Crippen LogP contribution in [0.4, 0.5) is 11.8 Å². The van der Waals surface area contributed by atoms with Crippen molar-refractivity contribution in [2.45, 2.75) is 45.7 Å². The Balaban J connectivity index is 1.56. The van der Waals surface area contributed by atoms with E-state index in [1.807, 2.05) is 27.0 Å². The fourth-order valence-corrected chi connectivity index (χ4v) is 5.09. The van der Waals surface area contributed by atoms with Crippen LogP contribution in [0, 0.1) is 5.41 Å². The Kier molecular flexibility index (Phi) is 5.50. The predicted octanol–water partition coefficient (Wildman–Crippen LogP) is 1.16. The molecule has 168 valence electrons. The zero-order valence-electron chi connectivity index (χ0n) is 18.4. The molecule has 4 heterocycles. The number of aromatic nitrogens is 4. The normalized spacial score (nSPS) is 20.0. The fraction of sp³-hybridized carbons (Fsp3) is 0.600. The van der Waals surface area contributed by atoms with E-state index in [1.165, 1.54) is 10.6 Å². The number of carbonyl (C=O) groups is 1. The van der Waals surface area contributed by atoms with Gasteiger partial charge in [-0.15, -0.1) is 0 Å². The van der Waals surface area contributed by atoms with Gasteiger partial charge >= 0.3 is 0 Å². The van der Waals surface area contributed by atoms with Gasteiger partial charge in [-0.25, -0.2) is 17.7 Å². The Morgan fingerprint density at radius 3 is 2.58 bits per heavy atom. The van der Waals surface area contributed by atoms with Crippen LogP contribution in [0.5, 0.6) is 0 Å². The maximum Gasteiger partial charge on any atom is 0.234 e. The number of piperidine rings is 1. The number of aryl methyl sites for hydroxylation is 1. The van der Waals surface area contributed by atoms with Gasteiger partial charge in [-0.3, -0.25) is 14.4 Å². The molecule has 0 saturated carbocycles. The molecule has 0 atom stereocenters. The van der Waals surface area contributed by atoms with Gasteiger partial charge in [0, 0.05) is 49.6 Å². The molecule has 1 amide bonds. The molecule has 10 nitrogen and oxygen atoms in total. The first-order valence-corrected chi connectivity index (χ1v) is 12.3. The summed E-state index contributed by atoms with van der Waals surface area (Å²) < 4.78 is 26.7. The number of sulfonamides is 1. The van der Waals surface area contributed by atoms with Crippen molar-refractivity contribution in [3.8, 4) is 0 Å². The first-order valence-electron chi connectivity index (χ1n) is 10.4. The maximum atomic E-state index is 13.2. The monoisotopic (exact) mass is 447 g/mol. The average molecular weight is 448 g/mol. The van der Waals surface area contributed by atoms with E-state index in [9.17, 15) is 13.2 Å². The highest BCUT2D eigenvalue weighted by atomic mass is 32.2. The van der Waals surface area contributed by atoms with Crippen LogP contribution in [0.2, 0.25) is 0 Å². The van der Waals surface area contributed by atoms with Crippen LogP contribution in [0.15, 0.2) is 18.5 Å². The lowest BCUT2D eigenvalue weighted by molar-refractivity contribution is -0.127. The van der Waals surface area contributed by atoms with Crippen LogP contribution in [0.25, 0.3) is 0 Å². The van der Waals surface area contributed by atoms with Gasteiger partial charge in [-0.05, 0) is 25.3 Å². The van der Waals surface area contributed by atoms with Crippen LogP contribution in [-0.4, -0.2) is 63.8 Å². The molecule has 0 unspecified atom stereocenters. The highest BCUT2D eigenvalue weighted by Gasteiger charge is 2.40. The van der Waals surface area contributed by atoms with Crippen molar-refractivity contribution in [1.29, 1.82) is 0 Å². The number of nitrogens with zero attached hydrogens (tertiary/aromatic N) is 6. The second-order valence-corrected chi connectivity index (χ2v) is 11.0. The topological polar surface area (TPSA) is 113 Å². The molecule has 2 aromatic rings. The molecule has 4 rings (SSSR count). The highest BCUT2D eigenvalue weighted by Crippen LogP contribution is 2.37. The van der Waals surface area contributed by atoms with Crippen LogP contribution >= 0.6 is 0 Å². The van der Waals surface area contributed by atoms with Crippen molar-refractivity contribution >= 4 is 27.7 Å². The van der Waals surface area contributed by atoms with E-state index < -0.39 is 15.4 Å². The minimum atomic E-state index is -3.16. The molecular weight excluding hydrogens is 418 g/mol. The second-order valence-electron chi connectivity index (χ2n) is 9.02. The average Bonchev–Trinajstić information content (AvgIpc) is 3.10. The summed E-state index contributed by atoms with van der Waals surface area (Å²) >= 11 is 0. The fourth-order valence-electron chi connectivity index (χ4n) is 4.22. The van der Waals surface area contributed by atoms with Gasteiger partial charge in [0.25, 0.3) is 0 Å². The first kappa shape index (κ1) is 21.7. The van der Waals surface area contributed by atoms with Crippen LogP contribution < -0.4 is 10.2 Å². The molecule has 1 fully saturated rings. The van der Waals surface area contributed by atoms with E-state index in [4.69, 9.17) is 4.98 Å². The number of amides is 1. The van der Waals surface area contributed by atoms with Gasteiger partial charge in [0.15, 0.2) is 0 Å². The van der Waals surface area contributed by atoms with Crippen molar-refractivity contribution in [2.75, 3.05) is 29.6 Å². The zero-order chi connectivity index (χ0) is 22.4. The summed E-state index contributed by atoms with van der Waals surface area (Å²) in [5.74, 6) is 1.10. The molecule has 2 aliphatic rings. The predicted molar refractivity (Wildman–Crippen MR) is 117 cm³/mol. The molecule has 0 aliphatic carbocycles. The lowest BCUT2D eigenvalue weighted by Gasteiger charge is -2.37. The van der Waals surface area contributed by atoms with E-state index in [0.717, 1.165) is 11.3 Å². The van der Waals surface area contributed by atoms with Crippen molar-refractivity contribution in [3.63, 3.8) is 0 Å². The Bertz CT molecular complexity index is 1090. The van der Waals surface area contributed by atoms with Crippen LogP contribution in [0.1, 0.15) is 37.9 Å². The number of carbonyl (C=O) groups excluding carboxylic acids is 1. The number of fused-ring (bicyclic) bond motifs is 1. The molecular formula is C20H29N7O3S. The van der Waals surface area contributed by atoms with Crippen LogP contribution in [0.3, 0.4) is 0 Å². The van der Waals surface area contributed by atoms with Gasteiger partial charge in [-0.1, -0.05) is 13.8 Å². The third kappa shape index (κ3) is 4.42. The van der Waals surface area contributed by atoms with E-state index >= 15 is 0 Å². The number of hydrogen-bond donors (Lipinski definition) is 1. The van der Waals surface area contributed by atoms with Crippen molar-refractivity contribution in [1.82, 2.24) is 24.1 Å². The largest absolute Gasteiger partial charge is 0.351 e. The zero-order valence-corrected chi connectivity index (χ0v) is 19.2. The van der Waals surface area contributed by atoms with Gasteiger partial charge in [0.1, 0.15) is 5.82 Å². The number of rotatable bonds is 5. The van der Waals surface area contributed by atoms with Crippen LogP contribution in [-0.2, 0) is 34.8 Å². The molecule has 31 heavy (non-hydrogen) atoms. The maximum absolute atomic E-state index is 13.2. The van der Waals surface area contributed by atoms with Crippen molar-refractivity contribution in [2.24, 2.45) is 12.5 Å². The van der Waals surface area contributed by atoms with Crippen molar-refractivity contribution < 1.29 is 13.2 Å². The Morgan fingerprint density at radius 1 is 1.26 bits per heavy atom. The van der Waals surface area contributed by atoms with Gasteiger partial charge in [-0.2, -0.15) is 10.1 Å². The third-order valence-electron chi connectivity index (χ3n) is 6.05. The van der Waals surface area contributed by atoms with E-state index in [1.54, 1.807) is 22.0 Å². The van der Waals surface area contributed by atoms with Crippen molar-refractivity contribution in [3.05, 3.63) is 29.7 Å². The standard InChI is InChI=1S/C20H29N7O3S/c1-20(2)11-14-12-21-19(23-15-6-9-26(10-7-15)31(4,29)30)24-17(14)27(18(20)28)13-16-5-8-22-25(16)3/h5,8,12,15H,6-7,9-11,13H2,1-4H3,(H,21,23,24). The summed E-state index contributed by atoms with van der Waals surface area (Å²) in [6.45, 7) is 5.21. The number of anilines is 2. The molecule has 2 aliphatic heterocycles. The molecule has 0 bridgehead atoms. The summed E-state index contributed by atoms with van der Waals surface area (Å²) in [6.07, 6.45) is 6.68. The highest BCUT2D eigenvalue weighted by molar-refractivity contribution is 7.88. The summed E-state index contributed by atoms with van der Waals surface area (Å²) in [5, 5.41) is 7.53. The van der Waals surface area contributed by atoms with Gasteiger partial charge in [0.05, 0.1) is 18.5 Å². The minimum absolute atomic E-state index is 0.0207. The van der Waals surface area contributed by atoms with E-state index in [-0.39, 0.29) is 11.9 Å². The first-order chi connectivity index (χ1) is 14.5. The summed E-state index contributed by atoms with van der Waals surface area (Å²) in [7, 11) is -1.31. The van der Waals surface area contributed by atoms with E-state index in [0.29, 0.717) is 50.7 Å². The third-order valence-corrected chi connectivity index (χ3v) is 7.36. The van der Waals surface area contributed by atoms with E-state index in [2.05, 4.69) is 15.4 Å². The Labute approximate surface area is 182 Å². The number of nitrogens with one attached hydrogen (secondary N) is 1. The minimum Gasteiger partial charge on any atom is -0.351 e. The molecule has 1 saturated heterocycles. The molecule has 1 N–H and O–H groups in total. The SMILES string of the molecule is Cn1nccc1CN1C(=O)C(C)(C)Cc2cnc(NC3CCN(S(C)(=O)=O)CC3)nc21. The number of hydrogen-bond acceptors (Lipinski definition) is 7. The molecule has 11 heteroatoms. The summed E-state index contributed by atoms with van der Waals surface area (Å²) in [4.78, 5) is 24.1. The van der Waals surface area contributed by atoms with Gasteiger partial charge < -0.3 is 5.32 Å². The summed E-state index contributed by atoms with van der Waals surface area (Å²) in [6, 6.07) is 1.97. The lowest BCUT2D eigenvalue weighted by atomic mass is 9.81. The Hall–Kier alpha value is -2.53.